The summed E-state index contributed by atoms with van der Waals surface area (Å²) in [6.07, 6.45) is 2.63. The average molecular weight is 638 g/mol. The highest BCUT2D eigenvalue weighted by molar-refractivity contribution is 6.35. The lowest BCUT2D eigenvalue weighted by molar-refractivity contribution is -0.605. The van der Waals surface area contributed by atoms with Gasteiger partial charge in [0.05, 0.1) is 19.8 Å². The molecule has 1 aromatic heterocycles. The first-order valence-electron chi connectivity index (χ1n) is 13.7. The topological polar surface area (TPSA) is 112 Å². The van der Waals surface area contributed by atoms with Crippen molar-refractivity contribution in [3.63, 3.8) is 0 Å². The van der Waals surface area contributed by atoms with E-state index in [0.29, 0.717) is 45.9 Å². The van der Waals surface area contributed by atoms with Gasteiger partial charge in [0.25, 0.3) is 0 Å². The fourth-order valence-electron chi connectivity index (χ4n) is 5.74. The van der Waals surface area contributed by atoms with E-state index in [1.807, 2.05) is 24.3 Å². The van der Waals surface area contributed by atoms with Gasteiger partial charge in [0.1, 0.15) is 16.1 Å². The van der Waals surface area contributed by atoms with Crippen LogP contribution in [0.2, 0.25) is 10.0 Å². The minimum absolute atomic E-state index is 0.0705. The number of aliphatic carboxylic acids is 1. The first kappa shape index (κ1) is 31.0. The number of pyridine rings is 1. The SMILES string of the molecule is COc1ccc([C@H](Cc2c(Cl)c[n+]([O-])cc2Cl)OC(=O)c2ccc(N(C)C3(C(=O)O)CCc4ccccc43)cc2)cc1OC. The Morgan fingerprint density at radius 2 is 1.66 bits per heavy atom. The third-order valence-electron chi connectivity index (χ3n) is 8.11. The van der Waals surface area contributed by atoms with Crippen molar-refractivity contribution in [2.45, 2.75) is 30.9 Å². The summed E-state index contributed by atoms with van der Waals surface area (Å²) in [7, 11) is 4.76. The molecule has 0 radical (unpaired) electrons. The monoisotopic (exact) mass is 636 g/mol. The minimum atomic E-state index is -1.23. The molecule has 5 rings (SSSR count). The van der Waals surface area contributed by atoms with E-state index in [2.05, 4.69) is 0 Å². The molecule has 44 heavy (non-hydrogen) atoms. The molecule has 1 unspecified atom stereocenters. The second kappa shape index (κ2) is 12.6. The van der Waals surface area contributed by atoms with Gasteiger partial charge in [-0.25, -0.2) is 9.59 Å². The smallest absolute Gasteiger partial charge is 0.338 e. The van der Waals surface area contributed by atoms with Crippen molar-refractivity contribution >= 4 is 40.8 Å². The number of ether oxygens (including phenoxy) is 3. The van der Waals surface area contributed by atoms with Crippen LogP contribution in [-0.4, -0.2) is 38.3 Å². The molecule has 1 aliphatic carbocycles. The van der Waals surface area contributed by atoms with E-state index in [4.69, 9.17) is 37.4 Å². The van der Waals surface area contributed by atoms with Gasteiger partial charge >= 0.3 is 11.9 Å². The number of anilines is 1. The number of fused-ring (bicyclic) bond motifs is 1. The molecule has 1 aliphatic rings. The lowest BCUT2D eigenvalue weighted by atomic mass is 9.89. The van der Waals surface area contributed by atoms with Crippen LogP contribution in [0.5, 0.6) is 11.5 Å². The highest BCUT2D eigenvalue weighted by Crippen LogP contribution is 2.43. The number of carboxylic acids is 1. The summed E-state index contributed by atoms with van der Waals surface area (Å²) in [6.45, 7) is 0. The number of carbonyl (C=O) groups excluding carboxylic acids is 1. The van der Waals surface area contributed by atoms with Crippen molar-refractivity contribution in [1.29, 1.82) is 0 Å². The zero-order chi connectivity index (χ0) is 31.6. The summed E-state index contributed by atoms with van der Waals surface area (Å²) in [4.78, 5) is 27.9. The summed E-state index contributed by atoms with van der Waals surface area (Å²) in [5.41, 5.74) is 2.44. The number of carbonyl (C=O) groups is 2. The number of esters is 1. The lowest BCUT2D eigenvalue weighted by Gasteiger charge is -2.37. The van der Waals surface area contributed by atoms with Crippen molar-refractivity contribution in [1.82, 2.24) is 0 Å². The number of aryl methyl sites for hydroxylation is 1. The van der Waals surface area contributed by atoms with Gasteiger partial charge < -0.3 is 29.4 Å². The number of halogens is 2. The quantitative estimate of drug-likeness (QED) is 0.125. The lowest BCUT2D eigenvalue weighted by Crippen LogP contribution is -2.49. The van der Waals surface area contributed by atoms with Gasteiger partial charge in [0.2, 0.25) is 0 Å². The summed E-state index contributed by atoms with van der Waals surface area (Å²) in [6, 6.07) is 19.3. The molecule has 1 N–H and O–H groups in total. The molecule has 0 saturated heterocycles. The van der Waals surface area contributed by atoms with E-state index in [9.17, 15) is 19.9 Å². The number of nitrogens with zero attached hydrogens (tertiary/aromatic N) is 2. The molecule has 2 atom stereocenters. The van der Waals surface area contributed by atoms with Crippen LogP contribution in [0, 0.1) is 5.21 Å². The van der Waals surface area contributed by atoms with Crippen LogP contribution < -0.4 is 19.1 Å². The predicted molar refractivity (Wildman–Crippen MR) is 166 cm³/mol. The molecule has 0 fully saturated rings. The molecule has 0 bridgehead atoms. The molecule has 228 valence electrons. The van der Waals surface area contributed by atoms with E-state index in [-0.39, 0.29) is 22.0 Å². The van der Waals surface area contributed by atoms with Crippen LogP contribution in [0.3, 0.4) is 0 Å². The van der Waals surface area contributed by atoms with E-state index in [1.165, 1.54) is 26.6 Å². The molecule has 1 heterocycles. The third-order valence-corrected chi connectivity index (χ3v) is 8.76. The van der Waals surface area contributed by atoms with Gasteiger partial charge in [-0.1, -0.05) is 53.5 Å². The molecule has 0 spiro atoms. The number of hydrogen-bond acceptors (Lipinski definition) is 7. The van der Waals surface area contributed by atoms with Crippen molar-refractivity contribution in [3.8, 4) is 11.5 Å². The standard InChI is InChI=1S/C33H30Cl2N2O7/c1-36(33(32(39)40)15-14-20-6-4-5-7-25(20)33)23-11-8-21(9-12-23)31(38)44-29(17-24-26(34)18-37(41)19-27(24)35)22-10-13-28(42-2)30(16-22)43-3/h4-13,16,18-19,29H,14-15,17H2,1-3H3,(H,39,40)/t29-,33?/m0/s1. The second-order valence-corrected chi connectivity index (χ2v) is 11.2. The van der Waals surface area contributed by atoms with E-state index in [1.54, 1.807) is 54.4 Å². The zero-order valence-electron chi connectivity index (χ0n) is 24.3. The van der Waals surface area contributed by atoms with Crippen LogP contribution >= 0.6 is 23.2 Å². The average Bonchev–Trinajstić information content (AvgIpc) is 3.42. The summed E-state index contributed by atoms with van der Waals surface area (Å²) < 4.78 is 17.3. The van der Waals surface area contributed by atoms with Gasteiger partial charge in [-0.3, -0.25) is 0 Å². The maximum absolute atomic E-state index is 13.5. The van der Waals surface area contributed by atoms with Gasteiger partial charge in [-0.2, -0.15) is 4.73 Å². The summed E-state index contributed by atoms with van der Waals surface area (Å²) in [5, 5.41) is 22.4. The Morgan fingerprint density at radius 1 is 1.00 bits per heavy atom. The molecular formula is C33H30Cl2N2O7. The minimum Gasteiger partial charge on any atom is -0.619 e. The van der Waals surface area contributed by atoms with Gasteiger partial charge in [0.15, 0.2) is 29.4 Å². The number of hydrogen-bond donors (Lipinski definition) is 1. The maximum atomic E-state index is 13.5. The fourth-order valence-corrected chi connectivity index (χ4v) is 6.34. The Morgan fingerprint density at radius 3 is 2.30 bits per heavy atom. The largest absolute Gasteiger partial charge is 0.619 e. The molecule has 3 aromatic carbocycles. The number of rotatable bonds is 10. The summed E-state index contributed by atoms with van der Waals surface area (Å²) >= 11 is 12.7. The van der Waals surface area contributed by atoms with Gasteiger partial charge in [0, 0.05) is 24.7 Å². The molecular weight excluding hydrogens is 607 g/mol. The Labute approximate surface area is 264 Å². The Balaban J connectivity index is 1.44. The van der Waals surface area contributed by atoms with Crippen LogP contribution in [0.1, 0.15) is 45.1 Å². The molecule has 4 aromatic rings. The Hall–Kier alpha value is -4.47. The number of aromatic nitrogens is 1. The van der Waals surface area contributed by atoms with Crippen LogP contribution in [0.4, 0.5) is 5.69 Å². The number of benzene rings is 3. The van der Waals surface area contributed by atoms with E-state index >= 15 is 0 Å². The number of likely N-dealkylation sites (N-methyl/N-ethyl adjacent to an activating group) is 1. The first-order valence-corrected chi connectivity index (χ1v) is 14.5. The van der Waals surface area contributed by atoms with Crippen LogP contribution in [0.15, 0.2) is 79.1 Å². The van der Waals surface area contributed by atoms with Crippen molar-refractivity contribution < 1.29 is 33.6 Å². The second-order valence-electron chi connectivity index (χ2n) is 10.4. The number of carboxylic acid groups (broad SMARTS) is 1. The molecule has 0 saturated carbocycles. The molecule has 0 aliphatic heterocycles. The Kier molecular flexibility index (Phi) is 8.90. The normalized spacial score (nSPS) is 16.1. The Bertz CT molecular complexity index is 1690. The molecule has 0 amide bonds. The predicted octanol–water partition coefficient (Wildman–Crippen LogP) is 6.15. The van der Waals surface area contributed by atoms with Crippen molar-refractivity contribution in [3.05, 3.63) is 122 Å². The third kappa shape index (κ3) is 5.73. The van der Waals surface area contributed by atoms with E-state index < -0.39 is 23.6 Å². The fraction of sp³-hybridized carbons (Fsp3) is 0.242. The highest BCUT2D eigenvalue weighted by Gasteiger charge is 2.49. The highest BCUT2D eigenvalue weighted by atomic mass is 35.5. The van der Waals surface area contributed by atoms with Crippen LogP contribution in [0.25, 0.3) is 0 Å². The van der Waals surface area contributed by atoms with E-state index in [0.717, 1.165) is 11.1 Å². The van der Waals surface area contributed by atoms with Crippen LogP contribution in [-0.2, 0) is 27.9 Å². The van der Waals surface area contributed by atoms with Crippen molar-refractivity contribution in [2.75, 3.05) is 26.2 Å². The van der Waals surface area contributed by atoms with Gasteiger partial charge in [-0.15, -0.1) is 0 Å². The molecule has 9 nitrogen and oxygen atoms in total. The number of methoxy groups -OCH3 is 2. The van der Waals surface area contributed by atoms with Gasteiger partial charge in [-0.05, 0) is 65.9 Å². The molecule has 11 heteroatoms. The van der Waals surface area contributed by atoms with Crippen molar-refractivity contribution in [2.24, 2.45) is 0 Å². The maximum Gasteiger partial charge on any atom is 0.338 e. The zero-order valence-corrected chi connectivity index (χ0v) is 25.8. The first-order chi connectivity index (χ1) is 21.1. The summed E-state index contributed by atoms with van der Waals surface area (Å²) in [5.74, 6) is -0.637.